The lowest BCUT2D eigenvalue weighted by atomic mass is 10.1. The Hall–Kier alpha value is -5.45. The third-order valence-corrected chi connectivity index (χ3v) is 10.9. The summed E-state index contributed by atoms with van der Waals surface area (Å²) in [5.74, 6) is 0.917. The number of benzene rings is 5. The molecule has 7 aromatic rings. The van der Waals surface area contributed by atoms with Gasteiger partial charge in [0, 0.05) is 44.4 Å². The Bertz CT molecular complexity index is 1890. The van der Waals surface area contributed by atoms with Gasteiger partial charge in [0.2, 0.25) is 0 Å². The van der Waals surface area contributed by atoms with Gasteiger partial charge in [0.1, 0.15) is 5.82 Å². The lowest BCUT2D eigenvalue weighted by Gasteiger charge is -2.26. The highest BCUT2D eigenvalue weighted by Gasteiger charge is 2.16. The van der Waals surface area contributed by atoms with E-state index >= 15 is 0 Å². The summed E-state index contributed by atoms with van der Waals surface area (Å²) in [7, 11) is 0. The van der Waals surface area contributed by atoms with Crippen LogP contribution in [0.4, 0.5) is 34.3 Å². The Morgan fingerprint density at radius 1 is 0.373 bits per heavy atom. The van der Waals surface area contributed by atoms with Crippen molar-refractivity contribution in [1.29, 1.82) is 0 Å². The molecule has 0 radical (unpaired) electrons. The van der Waals surface area contributed by atoms with Gasteiger partial charge in [-0.25, -0.2) is 4.98 Å². The van der Waals surface area contributed by atoms with E-state index in [1.54, 1.807) is 0 Å². The summed E-state index contributed by atoms with van der Waals surface area (Å²) in [6.45, 7) is 8.75. The first-order chi connectivity index (χ1) is 25.1. The van der Waals surface area contributed by atoms with E-state index in [0.717, 1.165) is 59.9 Å². The zero-order valence-electron chi connectivity index (χ0n) is 30.0. The Kier molecular flexibility index (Phi) is 10.4. The number of hydrogen-bond donors (Lipinski definition) is 0. The number of hydrogen-bond acceptors (Lipinski definition) is 4. The first-order valence-electron chi connectivity index (χ1n) is 18.2. The van der Waals surface area contributed by atoms with E-state index in [0.29, 0.717) is 0 Å². The van der Waals surface area contributed by atoms with Crippen LogP contribution in [0.1, 0.15) is 49.9 Å². The molecule has 0 spiro atoms. The van der Waals surface area contributed by atoms with E-state index in [9.17, 15) is 0 Å². The predicted octanol–water partition coefficient (Wildman–Crippen LogP) is 13.7. The molecular formula is C47H45N3S. The molecule has 0 N–H and O–H groups in total. The highest BCUT2D eigenvalue weighted by molar-refractivity contribution is 7.18. The normalized spacial score (nSPS) is 11.1. The maximum absolute atomic E-state index is 4.85. The van der Waals surface area contributed by atoms with Crippen molar-refractivity contribution >= 4 is 45.6 Å². The van der Waals surface area contributed by atoms with Crippen LogP contribution >= 0.6 is 11.3 Å². The van der Waals surface area contributed by atoms with Gasteiger partial charge in [-0.2, -0.15) is 0 Å². The maximum Gasteiger partial charge on any atom is 0.137 e. The molecule has 0 atom stereocenters. The van der Waals surface area contributed by atoms with Gasteiger partial charge in [-0.05, 0) is 138 Å². The number of pyridine rings is 1. The zero-order valence-corrected chi connectivity index (χ0v) is 30.8. The van der Waals surface area contributed by atoms with Crippen molar-refractivity contribution in [3.63, 3.8) is 0 Å². The van der Waals surface area contributed by atoms with Gasteiger partial charge in [-0.3, -0.25) is 4.90 Å². The molecule has 7 rings (SSSR count). The van der Waals surface area contributed by atoms with Crippen LogP contribution in [0.2, 0.25) is 0 Å². The van der Waals surface area contributed by atoms with Gasteiger partial charge in [-0.15, -0.1) is 11.3 Å². The van der Waals surface area contributed by atoms with Gasteiger partial charge in [0.25, 0.3) is 0 Å². The minimum Gasteiger partial charge on any atom is -0.311 e. The molecule has 0 fully saturated rings. The van der Waals surface area contributed by atoms with Crippen molar-refractivity contribution in [2.75, 3.05) is 9.80 Å². The second kappa shape index (κ2) is 15.6. The minimum absolute atomic E-state index is 0.917. The van der Waals surface area contributed by atoms with E-state index in [2.05, 4.69) is 183 Å². The van der Waals surface area contributed by atoms with Crippen LogP contribution in [0.5, 0.6) is 0 Å². The molecule has 2 heterocycles. The monoisotopic (exact) mass is 683 g/mol. The van der Waals surface area contributed by atoms with Crippen LogP contribution in [0.3, 0.4) is 0 Å². The van der Waals surface area contributed by atoms with Crippen molar-refractivity contribution in [2.24, 2.45) is 0 Å². The summed E-state index contributed by atoms with van der Waals surface area (Å²) in [6.07, 6.45) is 6.04. The number of aryl methyl sites for hydroxylation is 4. The molecular weight excluding hydrogens is 639 g/mol. The molecule has 0 saturated carbocycles. The van der Waals surface area contributed by atoms with E-state index in [1.807, 2.05) is 17.5 Å². The fourth-order valence-corrected chi connectivity index (χ4v) is 7.48. The van der Waals surface area contributed by atoms with Crippen molar-refractivity contribution in [2.45, 2.75) is 53.4 Å². The number of nitrogens with zero attached hydrogens (tertiary/aromatic N) is 3. The molecule has 0 unspecified atom stereocenters. The second-order valence-electron chi connectivity index (χ2n) is 12.9. The highest BCUT2D eigenvalue weighted by Crippen LogP contribution is 2.40. The Morgan fingerprint density at radius 3 is 1.04 bits per heavy atom. The molecule has 0 aliphatic rings. The van der Waals surface area contributed by atoms with E-state index in [1.165, 1.54) is 43.1 Å². The fourth-order valence-electron chi connectivity index (χ4n) is 6.46. The molecule has 0 aliphatic heterocycles. The summed E-state index contributed by atoms with van der Waals surface area (Å²) in [4.78, 5) is 11.9. The molecule has 0 aliphatic carbocycles. The Labute approximate surface area is 307 Å². The predicted molar refractivity (Wildman–Crippen MR) is 220 cm³/mol. The molecule has 0 amide bonds. The SMILES string of the molecule is CCc1ccc(N(c2ccc(CC)cc2)c2ccc(-c3ccc(-c4ccc(N(c5ccc(CC)cc5)c5ccc(CC)cn5)cc4)s3)cc2)cc1. The molecule has 0 bridgehead atoms. The van der Waals surface area contributed by atoms with Crippen LogP contribution in [0.15, 0.2) is 152 Å². The van der Waals surface area contributed by atoms with Crippen LogP contribution in [0, 0.1) is 0 Å². The van der Waals surface area contributed by atoms with Crippen molar-refractivity contribution in [1.82, 2.24) is 4.98 Å². The van der Waals surface area contributed by atoms with Crippen LogP contribution < -0.4 is 9.80 Å². The van der Waals surface area contributed by atoms with Crippen LogP contribution in [0.25, 0.3) is 20.9 Å². The molecule has 3 nitrogen and oxygen atoms in total. The summed E-state index contributed by atoms with van der Waals surface area (Å²) in [5, 5.41) is 0. The number of anilines is 6. The van der Waals surface area contributed by atoms with Gasteiger partial charge in [0.05, 0.1) is 0 Å². The lowest BCUT2D eigenvalue weighted by molar-refractivity contribution is 1.08. The number of thiophene rings is 1. The van der Waals surface area contributed by atoms with E-state index in [-0.39, 0.29) is 0 Å². The van der Waals surface area contributed by atoms with Gasteiger partial charge in [0.15, 0.2) is 0 Å². The second-order valence-corrected chi connectivity index (χ2v) is 14.0. The van der Waals surface area contributed by atoms with Crippen LogP contribution in [-0.2, 0) is 25.7 Å². The Morgan fingerprint density at radius 2 is 0.706 bits per heavy atom. The lowest BCUT2D eigenvalue weighted by Crippen LogP contribution is -2.11. The van der Waals surface area contributed by atoms with E-state index < -0.39 is 0 Å². The molecule has 51 heavy (non-hydrogen) atoms. The molecule has 5 aromatic carbocycles. The summed E-state index contributed by atoms with van der Waals surface area (Å²) in [6, 6.07) is 53.3. The number of rotatable bonds is 12. The largest absolute Gasteiger partial charge is 0.311 e. The van der Waals surface area contributed by atoms with Crippen LogP contribution in [-0.4, -0.2) is 4.98 Å². The number of aromatic nitrogens is 1. The quantitative estimate of drug-likeness (QED) is 0.128. The summed E-state index contributed by atoms with van der Waals surface area (Å²) < 4.78 is 0. The third-order valence-electron chi connectivity index (χ3n) is 9.68. The van der Waals surface area contributed by atoms with Gasteiger partial charge >= 0.3 is 0 Å². The summed E-state index contributed by atoms with van der Waals surface area (Å²) in [5.41, 5.74) is 13.3. The first kappa shape index (κ1) is 34.0. The fraction of sp³-hybridized carbons (Fsp3) is 0.170. The molecule has 2 aromatic heterocycles. The molecule has 254 valence electrons. The molecule has 0 saturated heterocycles. The highest BCUT2D eigenvalue weighted by atomic mass is 32.1. The summed E-state index contributed by atoms with van der Waals surface area (Å²) >= 11 is 1.83. The average molecular weight is 684 g/mol. The first-order valence-corrected chi connectivity index (χ1v) is 19.0. The van der Waals surface area contributed by atoms with E-state index in [4.69, 9.17) is 4.98 Å². The smallest absolute Gasteiger partial charge is 0.137 e. The maximum atomic E-state index is 4.85. The average Bonchev–Trinajstić information content (AvgIpc) is 3.70. The van der Waals surface area contributed by atoms with Crippen molar-refractivity contribution < 1.29 is 0 Å². The minimum atomic E-state index is 0.917. The Balaban J connectivity index is 1.14. The standard InChI is InChI=1S/C47H45N3S/c1-5-34-9-20-40(21-10-34)49(41-22-11-35(6-2)12-23-41)42-26-16-38(17-27-42)45-30-31-46(51-45)39-18-28-44(29-19-39)50(43-24-13-36(7-3)14-25-43)47-32-15-37(8-4)33-48-47/h9-33H,5-8H2,1-4H3. The van der Waals surface area contributed by atoms with Gasteiger partial charge in [-0.1, -0.05) is 94.4 Å². The topological polar surface area (TPSA) is 19.4 Å². The molecule has 4 heteroatoms. The third kappa shape index (κ3) is 7.52. The van der Waals surface area contributed by atoms with Gasteiger partial charge < -0.3 is 4.90 Å². The van der Waals surface area contributed by atoms with Crippen molar-refractivity contribution in [3.05, 3.63) is 174 Å². The zero-order chi connectivity index (χ0) is 35.2. The van der Waals surface area contributed by atoms with Crippen molar-refractivity contribution in [3.8, 4) is 20.9 Å².